The maximum atomic E-state index is 12.3. The van der Waals surface area contributed by atoms with Gasteiger partial charge in [0.25, 0.3) is 0 Å². The maximum Gasteiger partial charge on any atom is 0.408 e. The molecule has 6 nitrogen and oxygen atoms in total. The minimum atomic E-state index is -0.989. The second-order valence-corrected chi connectivity index (χ2v) is 8.59. The lowest BCUT2D eigenvalue weighted by molar-refractivity contribution is 0.0809. The van der Waals surface area contributed by atoms with Crippen molar-refractivity contribution in [3.05, 3.63) is 95.6 Å². The van der Waals surface area contributed by atoms with Crippen LogP contribution in [0, 0.1) is 0 Å². The Morgan fingerprint density at radius 2 is 1.48 bits per heavy atom. The largest absolute Gasteiger partial charge is 0.490 e. The quantitative estimate of drug-likeness (QED) is 0.330. The lowest BCUT2D eigenvalue weighted by Crippen LogP contribution is -2.47. The maximum absolute atomic E-state index is 12.3. The molecule has 0 unspecified atom stereocenters. The molecule has 0 radical (unpaired) electrons. The Bertz CT molecular complexity index is 1060. The Morgan fingerprint density at radius 1 is 0.879 bits per heavy atom. The van der Waals surface area contributed by atoms with Crippen LogP contribution in [0.4, 0.5) is 4.79 Å². The summed E-state index contributed by atoms with van der Waals surface area (Å²) in [6.07, 6.45) is -0.204. The molecule has 0 spiro atoms. The first-order valence-corrected chi connectivity index (χ1v) is 10.8. The Morgan fingerprint density at radius 3 is 2.06 bits per heavy atom. The Balaban J connectivity index is 1.76. The van der Waals surface area contributed by atoms with E-state index in [0.29, 0.717) is 30.3 Å². The zero-order valence-electron chi connectivity index (χ0n) is 19.1. The Hall–Kier alpha value is -3.80. The summed E-state index contributed by atoms with van der Waals surface area (Å²) in [5.41, 5.74) is 1.68. The van der Waals surface area contributed by atoms with Gasteiger partial charge in [-0.1, -0.05) is 42.5 Å². The van der Waals surface area contributed by atoms with Crippen molar-refractivity contribution in [1.82, 2.24) is 4.90 Å². The van der Waals surface area contributed by atoms with Gasteiger partial charge in [-0.3, -0.25) is 9.69 Å². The summed E-state index contributed by atoms with van der Waals surface area (Å²) in [4.78, 5) is 24.5. The summed E-state index contributed by atoms with van der Waals surface area (Å²) < 4.78 is 11.5. The molecule has 3 aromatic carbocycles. The molecule has 0 fully saturated rings. The number of aldehydes is 1. The van der Waals surface area contributed by atoms with Crippen molar-refractivity contribution in [2.75, 3.05) is 13.2 Å². The van der Waals surface area contributed by atoms with Crippen molar-refractivity contribution in [3.63, 3.8) is 0 Å². The van der Waals surface area contributed by atoms with Gasteiger partial charge in [0.1, 0.15) is 31.0 Å². The van der Waals surface area contributed by atoms with E-state index in [1.807, 2.05) is 75.4 Å². The van der Waals surface area contributed by atoms with E-state index in [0.717, 1.165) is 17.4 Å². The number of carboxylic acid groups (broad SMARTS) is 1. The van der Waals surface area contributed by atoms with Crippen LogP contribution in [-0.4, -0.2) is 41.1 Å². The number of ether oxygens (including phenoxy) is 2. The van der Waals surface area contributed by atoms with Crippen LogP contribution in [-0.2, 0) is 0 Å². The van der Waals surface area contributed by atoms with Gasteiger partial charge < -0.3 is 14.6 Å². The van der Waals surface area contributed by atoms with Gasteiger partial charge in [-0.25, -0.2) is 4.79 Å². The highest BCUT2D eigenvalue weighted by molar-refractivity contribution is 5.74. The summed E-state index contributed by atoms with van der Waals surface area (Å²) in [5, 5.41) is 10.0. The molecular weight excluding hydrogens is 418 g/mol. The monoisotopic (exact) mass is 447 g/mol. The molecule has 0 heterocycles. The smallest absolute Gasteiger partial charge is 0.408 e. The molecule has 0 aliphatic heterocycles. The molecule has 33 heavy (non-hydrogen) atoms. The normalized spacial score (nSPS) is 12.0. The highest BCUT2D eigenvalue weighted by Gasteiger charge is 2.35. The van der Waals surface area contributed by atoms with Crippen LogP contribution in [0.15, 0.2) is 78.9 Å². The van der Waals surface area contributed by atoms with E-state index in [1.54, 1.807) is 24.3 Å². The molecule has 1 amide bonds. The lowest BCUT2D eigenvalue weighted by atomic mass is 9.92. The van der Waals surface area contributed by atoms with Crippen molar-refractivity contribution in [1.29, 1.82) is 0 Å². The van der Waals surface area contributed by atoms with Gasteiger partial charge in [-0.15, -0.1) is 0 Å². The van der Waals surface area contributed by atoms with E-state index < -0.39 is 17.7 Å². The molecule has 172 valence electrons. The van der Waals surface area contributed by atoms with Gasteiger partial charge in [-0.2, -0.15) is 0 Å². The van der Waals surface area contributed by atoms with Gasteiger partial charge >= 0.3 is 6.09 Å². The predicted molar refractivity (Wildman–Crippen MR) is 127 cm³/mol. The summed E-state index contributed by atoms with van der Waals surface area (Å²) in [6.45, 7) is 6.30. The van der Waals surface area contributed by atoms with Crippen LogP contribution < -0.4 is 9.47 Å². The van der Waals surface area contributed by atoms with E-state index in [2.05, 4.69) is 0 Å². The van der Waals surface area contributed by atoms with Gasteiger partial charge in [-0.05, 0) is 68.3 Å². The van der Waals surface area contributed by atoms with Gasteiger partial charge in [0.05, 0.1) is 6.04 Å². The minimum Gasteiger partial charge on any atom is -0.490 e. The fourth-order valence-electron chi connectivity index (χ4n) is 3.65. The van der Waals surface area contributed by atoms with E-state index in [1.165, 1.54) is 4.90 Å². The SMILES string of the molecule is CC(C)(C)N(C(=O)O)[C@@H](c1ccccc1)c1cccc(OCCOc2ccc(C=O)cc2)c1. The predicted octanol–water partition coefficient (Wildman–Crippen LogP) is 5.82. The number of carbonyl (C=O) groups excluding carboxylic acids is 1. The number of nitrogens with zero attached hydrogens (tertiary/aromatic N) is 1. The van der Waals surface area contributed by atoms with Crippen LogP contribution in [0.2, 0.25) is 0 Å². The summed E-state index contributed by atoms with van der Waals surface area (Å²) >= 11 is 0. The van der Waals surface area contributed by atoms with Gasteiger partial charge in [0.15, 0.2) is 0 Å². The Kier molecular flexibility index (Phi) is 7.72. The molecule has 1 atom stereocenters. The Labute approximate surface area is 194 Å². The van der Waals surface area contributed by atoms with Crippen LogP contribution in [0.1, 0.15) is 48.3 Å². The molecule has 3 aromatic rings. The lowest BCUT2D eigenvalue weighted by Gasteiger charge is -2.40. The molecule has 0 aliphatic rings. The molecule has 0 bridgehead atoms. The number of amides is 1. The first-order chi connectivity index (χ1) is 15.8. The fourth-order valence-corrected chi connectivity index (χ4v) is 3.65. The number of hydrogen-bond donors (Lipinski definition) is 1. The van der Waals surface area contributed by atoms with E-state index in [4.69, 9.17) is 9.47 Å². The number of rotatable bonds is 9. The average Bonchev–Trinajstić information content (AvgIpc) is 2.80. The second kappa shape index (κ2) is 10.7. The molecule has 6 heteroatoms. The third-order valence-electron chi connectivity index (χ3n) is 5.11. The molecule has 0 saturated heterocycles. The van der Waals surface area contributed by atoms with Crippen LogP contribution in [0.25, 0.3) is 0 Å². The van der Waals surface area contributed by atoms with Crippen molar-refractivity contribution >= 4 is 12.4 Å². The van der Waals surface area contributed by atoms with Gasteiger partial charge in [0.2, 0.25) is 0 Å². The second-order valence-electron chi connectivity index (χ2n) is 8.59. The summed E-state index contributed by atoms with van der Waals surface area (Å²) in [6, 6.07) is 23.5. The molecule has 0 aromatic heterocycles. The van der Waals surface area contributed by atoms with E-state index in [-0.39, 0.29) is 0 Å². The highest BCUT2D eigenvalue weighted by atomic mass is 16.5. The first-order valence-electron chi connectivity index (χ1n) is 10.8. The standard InChI is InChI=1S/C27H29NO5/c1-27(2,3)28(26(30)31)25(21-8-5-4-6-9-21)22-10-7-11-24(18-22)33-17-16-32-23-14-12-20(19-29)13-15-23/h4-15,18-19,25H,16-17H2,1-3H3,(H,30,31)/t25-/m0/s1. The van der Waals surface area contributed by atoms with Crippen LogP contribution in [0.3, 0.4) is 0 Å². The molecule has 0 aliphatic carbocycles. The van der Waals surface area contributed by atoms with Crippen LogP contribution >= 0.6 is 0 Å². The third kappa shape index (κ3) is 6.35. The van der Waals surface area contributed by atoms with Crippen molar-refractivity contribution < 1.29 is 24.2 Å². The van der Waals surface area contributed by atoms with Crippen molar-refractivity contribution in [2.24, 2.45) is 0 Å². The topological polar surface area (TPSA) is 76.1 Å². The van der Waals surface area contributed by atoms with Gasteiger partial charge in [0, 0.05) is 11.1 Å². The zero-order chi connectivity index (χ0) is 23.8. The summed E-state index contributed by atoms with van der Waals surface area (Å²) in [5.74, 6) is 1.29. The fraction of sp³-hybridized carbons (Fsp3) is 0.259. The highest BCUT2D eigenvalue weighted by Crippen LogP contribution is 2.35. The molecule has 3 rings (SSSR count). The first kappa shape index (κ1) is 23.9. The molecule has 0 saturated carbocycles. The molecule has 1 N–H and O–H groups in total. The van der Waals surface area contributed by atoms with E-state index >= 15 is 0 Å². The van der Waals surface area contributed by atoms with Crippen molar-refractivity contribution in [3.8, 4) is 11.5 Å². The van der Waals surface area contributed by atoms with E-state index in [9.17, 15) is 14.7 Å². The molecular formula is C27H29NO5. The zero-order valence-corrected chi connectivity index (χ0v) is 19.1. The third-order valence-corrected chi connectivity index (χ3v) is 5.11. The number of carbonyl (C=O) groups is 2. The number of hydrogen-bond acceptors (Lipinski definition) is 4. The number of benzene rings is 3. The van der Waals surface area contributed by atoms with Crippen molar-refractivity contribution in [2.45, 2.75) is 32.4 Å². The minimum absolute atomic E-state index is 0.316. The summed E-state index contributed by atoms with van der Waals surface area (Å²) in [7, 11) is 0. The average molecular weight is 448 g/mol. The van der Waals surface area contributed by atoms with Crippen LogP contribution in [0.5, 0.6) is 11.5 Å².